The van der Waals surface area contributed by atoms with Gasteiger partial charge in [0, 0.05) is 11.6 Å². The van der Waals surface area contributed by atoms with Gasteiger partial charge in [0.25, 0.3) is 0 Å². The first-order valence-electron chi connectivity index (χ1n) is 5.09. The summed E-state index contributed by atoms with van der Waals surface area (Å²) in [4.78, 5) is 4.03. The van der Waals surface area contributed by atoms with Gasteiger partial charge in [0.15, 0.2) is 11.6 Å². The summed E-state index contributed by atoms with van der Waals surface area (Å²) in [7, 11) is 1.43. The summed E-state index contributed by atoms with van der Waals surface area (Å²) >= 11 is 5.95. The van der Waals surface area contributed by atoms with Crippen LogP contribution in [0.1, 0.15) is 5.56 Å². The molecule has 0 N–H and O–H groups in total. The number of rotatable bonds is 3. The standard InChI is InChI=1S/C13H11ClFNO/c1-3-4-8-7-16-13(14)10-5-11(15)12(17-2)6-9(8)10/h3,5-7H,1,4H2,2H3. The molecule has 17 heavy (non-hydrogen) atoms. The maximum absolute atomic E-state index is 13.6. The van der Waals surface area contributed by atoms with Crippen molar-refractivity contribution >= 4 is 22.4 Å². The number of pyridine rings is 1. The van der Waals surface area contributed by atoms with Crippen LogP contribution < -0.4 is 4.74 Å². The number of hydrogen-bond acceptors (Lipinski definition) is 2. The maximum Gasteiger partial charge on any atom is 0.165 e. The van der Waals surface area contributed by atoms with Gasteiger partial charge in [0.1, 0.15) is 5.15 Å². The highest BCUT2D eigenvalue weighted by atomic mass is 35.5. The number of ether oxygens (including phenoxy) is 1. The molecule has 1 heterocycles. The Bertz CT molecular complexity index is 583. The van der Waals surface area contributed by atoms with Crippen LogP contribution in [0.25, 0.3) is 10.8 Å². The zero-order valence-corrected chi connectivity index (χ0v) is 10.1. The van der Waals surface area contributed by atoms with E-state index < -0.39 is 5.82 Å². The second kappa shape index (κ2) is 4.72. The molecule has 0 bridgehead atoms. The van der Waals surface area contributed by atoms with Gasteiger partial charge in [0.05, 0.1) is 7.11 Å². The van der Waals surface area contributed by atoms with Gasteiger partial charge in [-0.1, -0.05) is 17.7 Å². The minimum Gasteiger partial charge on any atom is -0.494 e. The van der Waals surface area contributed by atoms with Crippen LogP contribution in [0.5, 0.6) is 5.75 Å². The molecule has 2 aromatic rings. The van der Waals surface area contributed by atoms with Crippen molar-refractivity contribution in [3.05, 3.63) is 47.5 Å². The molecule has 0 saturated carbocycles. The third-order valence-corrected chi connectivity index (χ3v) is 2.86. The Labute approximate surface area is 104 Å². The lowest BCUT2D eigenvalue weighted by Crippen LogP contribution is -1.93. The summed E-state index contributed by atoms with van der Waals surface area (Å²) in [5, 5.41) is 1.71. The van der Waals surface area contributed by atoms with Crippen LogP contribution in [0.4, 0.5) is 4.39 Å². The fourth-order valence-electron chi connectivity index (χ4n) is 1.74. The van der Waals surface area contributed by atoms with Crippen LogP contribution >= 0.6 is 11.6 Å². The van der Waals surface area contributed by atoms with E-state index in [1.54, 1.807) is 18.3 Å². The zero-order chi connectivity index (χ0) is 12.4. The topological polar surface area (TPSA) is 22.1 Å². The van der Waals surface area contributed by atoms with Crippen LogP contribution in [-0.2, 0) is 6.42 Å². The van der Waals surface area contributed by atoms with Crippen molar-refractivity contribution in [3.8, 4) is 5.75 Å². The van der Waals surface area contributed by atoms with Gasteiger partial charge in [-0.2, -0.15) is 0 Å². The molecular weight excluding hydrogens is 241 g/mol. The molecule has 0 aliphatic rings. The molecule has 0 atom stereocenters. The van der Waals surface area contributed by atoms with E-state index in [2.05, 4.69) is 11.6 Å². The lowest BCUT2D eigenvalue weighted by molar-refractivity contribution is 0.387. The summed E-state index contributed by atoms with van der Waals surface area (Å²) in [5.41, 5.74) is 0.942. The van der Waals surface area contributed by atoms with Crippen molar-refractivity contribution in [3.63, 3.8) is 0 Å². The summed E-state index contributed by atoms with van der Waals surface area (Å²) < 4.78 is 18.5. The number of nitrogens with zero attached hydrogens (tertiary/aromatic N) is 1. The Morgan fingerprint density at radius 2 is 2.24 bits per heavy atom. The molecule has 88 valence electrons. The SMILES string of the molecule is C=CCc1cnc(Cl)c2cc(F)c(OC)cc12. The van der Waals surface area contributed by atoms with Gasteiger partial charge in [-0.05, 0) is 29.5 Å². The van der Waals surface area contributed by atoms with Gasteiger partial charge >= 0.3 is 0 Å². The molecule has 2 rings (SSSR count). The van der Waals surface area contributed by atoms with Crippen LogP contribution in [0, 0.1) is 5.82 Å². The predicted octanol–water partition coefficient (Wildman–Crippen LogP) is 3.76. The van der Waals surface area contributed by atoms with Crippen molar-refractivity contribution in [2.45, 2.75) is 6.42 Å². The second-order valence-corrected chi connectivity index (χ2v) is 3.96. The maximum atomic E-state index is 13.6. The van der Waals surface area contributed by atoms with Gasteiger partial charge in [-0.25, -0.2) is 9.37 Å². The lowest BCUT2D eigenvalue weighted by atomic mass is 10.0. The third-order valence-electron chi connectivity index (χ3n) is 2.56. The van der Waals surface area contributed by atoms with Crippen molar-refractivity contribution < 1.29 is 9.13 Å². The van der Waals surface area contributed by atoms with Gasteiger partial charge < -0.3 is 4.74 Å². The van der Waals surface area contributed by atoms with E-state index in [-0.39, 0.29) is 10.9 Å². The van der Waals surface area contributed by atoms with Crippen molar-refractivity contribution in [2.75, 3.05) is 7.11 Å². The number of aromatic nitrogens is 1. The summed E-state index contributed by atoms with van der Waals surface area (Å²) in [6.45, 7) is 3.68. The fraction of sp³-hybridized carbons (Fsp3) is 0.154. The average molecular weight is 252 g/mol. The molecule has 0 amide bonds. The Hall–Kier alpha value is -1.61. The minimum atomic E-state index is -0.445. The highest BCUT2D eigenvalue weighted by Gasteiger charge is 2.11. The van der Waals surface area contributed by atoms with E-state index in [0.717, 1.165) is 10.9 Å². The number of benzene rings is 1. The van der Waals surface area contributed by atoms with Crippen molar-refractivity contribution in [1.29, 1.82) is 0 Å². The molecule has 1 aromatic heterocycles. The number of methoxy groups -OCH3 is 1. The zero-order valence-electron chi connectivity index (χ0n) is 9.34. The number of allylic oxidation sites excluding steroid dienone is 1. The van der Waals surface area contributed by atoms with Crippen LogP contribution in [0.15, 0.2) is 31.0 Å². The van der Waals surface area contributed by atoms with E-state index in [0.29, 0.717) is 11.8 Å². The molecule has 0 fully saturated rings. The smallest absolute Gasteiger partial charge is 0.165 e. The lowest BCUT2D eigenvalue weighted by Gasteiger charge is -2.08. The van der Waals surface area contributed by atoms with Crippen LogP contribution in [0.3, 0.4) is 0 Å². The first kappa shape index (κ1) is 11.9. The second-order valence-electron chi connectivity index (χ2n) is 3.60. The third kappa shape index (κ3) is 2.11. The molecule has 2 nitrogen and oxygen atoms in total. The van der Waals surface area contributed by atoms with Crippen molar-refractivity contribution in [1.82, 2.24) is 4.98 Å². The average Bonchev–Trinajstić information content (AvgIpc) is 2.33. The largest absolute Gasteiger partial charge is 0.494 e. The molecule has 1 aromatic carbocycles. The Morgan fingerprint density at radius 3 is 2.88 bits per heavy atom. The number of halogens is 2. The Balaban J connectivity index is 2.78. The van der Waals surface area contributed by atoms with Crippen LogP contribution in [0.2, 0.25) is 5.15 Å². The quantitative estimate of drug-likeness (QED) is 0.612. The molecule has 0 aliphatic heterocycles. The Morgan fingerprint density at radius 1 is 1.47 bits per heavy atom. The Kier molecular flexibility index (Phi) is 3.29. The van der Waals surface area contributed by atoms with Gasteiger partial charge in [0.2, 0.25) is 0 Å². The predicted molar refractivity (Wildman–Crippen MR) is 67.2 cm³/mol. The van der Waals surface area contributed by atoms with E-state index in [4.69, 9.17) is 16.3 Å². The number of fused-ring (bicyclic) bond motifs is 1. The fourth-order valence-corrected chi connectivity index (χ4v) is 1.94. The van der Waals surface area contributed by atoms with Crippen LogP contribution in [-0.4, -0.2) is 12.1 Å². The first-order valence-corrected chi connectivity index (χ1v) is 5.46. The molecule has 0 spiro atoms. The molecular formula is C13H11ClFNO. The molecule has 0 saturated heterocycles. The summed E-state index contributed by atoms with van der Waals surface area (Å²) in [6, 6.07) is 2.98. The van der Waals surface area contributed by atoms with E-state index in [9.17, 15) is 4.39 Å². The van der Waals surface area contributed by atoms with Crippen molar-refractivity contribution in [2.24, 2.45) is 0 Å². The molecule has 4 heteroatoms. The summed E-state index contributed by atoms with van der Waals surface area (Å²) in [5.74, 6) is -0.246. The summed E-state index contributed by atoms with van der Waals surface area (Å²) in [6.07, 6.45) is 4.08. The highest BCUT2D eigenvalue weighted by molar-refractivity contribution is 6.34. The van der Waals surface area contributed by atoms with E-state index in [1.165, 1.54) is 13.2 Å². The van der Waals surface area contributed by atoms with E-state index >= 15 is 0 Å². The molecule has 0 aliphatic carbocycles. The number of hydrogen-bond donors (Lipinski definition) is 0. The minimum absolute atomic E-state index is 0.199. The highest BCUT2D eigenvalue weighted by Crippen LogP contribution is 2.30. The molecule has 0 unspecified atom stereocenters. The molecule has 0 radical (unpaired) electrons. The monoisotopic (exact) mass is 251 g/mol. The normalized spacial score (nSPS) is 10.5. The van der Waals surface area contributed by atoms with E-state index in [1.807, 2.05) is 0 Å². The first-order chi connectivity index (χ1) is 8.17. The van der Waals surface area contributed by atoms with Gasteiger partial charge in [-0.3, -0.25) is 0 Å². The van der Waals surface area contributed by atoms with Gasteiger partial charge in [-0.15, -0.1) is 6.58 Å².